The number of fused-ring (bicyclic) bond motifs is 2. The number of rotatable bonds is 3. The van der Waals surface area contributed by atoms with E-state index in [-0.39, 0.29) is 17.5 Å². The summed E-state index contributed by atoms with van der Waals surface area (Å²) in [5.41, 5.74) is 0.0911. The van der Waals surface area contributed by atoms with Crippen molar-refractivity contribution in [3.63, 3.8) is 0 Å². The third-order valence-corrected chi connectivity index (χ3v) is 4.18. The Hall–Kier alpha value is -2.17. The molecule has 5 heteroatoms. The maximum atomic E-state index is 13.5. The number of benzene rings is 1. The molecule has 0 unspecified atom stereocenters. The molecule has 104 valence electrons. The highest BCUT2D eigenvalue weighted by atomic mass is 19.1. The molecule has 0 spiro atoms. The fourth-order valence-corrected chi connectivity index (χ4v) is 3.29. The Kier molecular flexibility index (Phi) is 3.04. The standard InChI is InChI=1S/C15H14FNO3/c16-10-3-1-2-4-11(10)17-14(18)12-8-5-6-9(7-8)13(12)15(19)20/h1-6,8-9,12-13H,7H2,(H,17,18)(H,19,20)/t8-,9+,12-,13+/m0/s1. The number of hydrogen-bond acceptors (Lipinski definition) is 2. The van der Waals surface area contributed by atoms with Gasteiger partial charge in [0, 0.05) is 0 Å². The topological polar surface area (TPSA) is 66.4 Å². The first-order chi connectivity index (χ1) is 9.58. The average Bonchev–Trinajstić information content (AvgIpc) is 3.01. The van der Waals surface area contributed by atoms with E-state index >= 15 is 0 Å². The third kappa shape index (κ3) is 1.99. The Labute approximate surface area is 115 Å². The molecule has 0 aromatic heterocycles. The summed E-state index contributed by atoms with van der Waals surface area (Å²) in [7, 11) is 0. The lowest BCUT2D eigenvalue weighted by atomic mass is 9.82. The van der Waals surface area contributed by atoms with E-state index in [0.717, 1.165) is 0 Å². The van der Waals surface area contributed by atoms with Gasteiger partial charge in [-0.3, -0.25) is 9.59 Å². The fourth-order valence-electron chi connectivity index (χ4n) is 3.29. The lowest BCUT2D eigenvalue weighted by Crippen LogP contribution is -2.36. The van der Waals surface area contributed by atoms with Crippen LogP contribution in [0.3, 0.4) is 0 Å². The van der Waals surface area contributed by atoms with Crippen molar-refractivity contribution in [2.75, 3.05) is 5.32 Å². The van der Waals surface area contributed by atoms with Crippen molar-refractivity contribution < 1.29 is 19.1 Å². The highest BCUT2D eigenvalue weighted by Gasteiger charge is 2.51. The van der Waals surface area contributed by atoms with Gasteiger partial charge >= 0.3 is 5.97 Å². The predicted molar refractivity (Wildman–Crippen MR) is 70.4 cm³/mol. The van der Waals surface area contributed by atoms with E-state index in [1.807, 2.05) is 12.2 Å². The third-order valence-electron chi connectivity index (χ3n) is 4.18. The summed E-state index contributed by atoms with van der Waals surface area (Å²) < 4.78 is 13.5. The number of carboxylic acids is 1. The summed E-state index contributed by atoms with van der Waals surface area (Å²) in [4.78, 5) is 23.6. The zero-order valence-corrected chi connectivity index (χ0v) is 10.6. The maximum absolute atomic E-state index is 13.5. The highest BCUT2D eigenvalue weighted by molar-refractivity contribution is 5.96. The minimum absolute atomic E-state index is 0.0622. The number of hydrogen-bond donors (Lipinski definition) is 2. The Morgan fingerprint density at radius 3 is 2.45 bits per heavy atom. The normalized spacial score (nSPS) is 30.4. The monoisotopic (exact) mass is 275 g/mol. The van der Waals surface area contributed by atoms with E-state index in [1.165, 1.54) is 18.2 Å². The second kappa shape index (κ2) is 4.74. The van der Waals surface area contributed by atoms with Crippen LogP contribution in [0.4, 0.5) is 10.1 Å². The van der Waals surface area contributed by atoms with E-state index in [1.54, 1.807) is 6.07 Å². The van der Waals surface area contributed by atoms with Crippen LogP contribution in [-0.2, 0) is 9.59 Å². The van der Waals surface area contributed by atoms with Crippen molar-refractivity contribution >= 4 is 17.6 Å². The van der Waals surface area contributed by atoms with E-state index < -0.39 is 29.5 Å². The van der Waals surface area contributed by atoms with Crippen molar-refractivity contribution in [1.29, 1.82) is 0 Å². The smallest absolute Gasteiger partial charge is 0.307 e. The highest BCUT2D eigenvalue weighted by Crippen LogP contribution is 2.48. The molecule has 1 fully saturated rings. The van der Waals surface area contributed by atoms with E-state index in [0.29, 0.717) is 6.42 Å². The fraction of sp³-hybridized carbons (Fsp3) is 0.333. The molecule has 20 heavy (non-hydrogen) atoms. The molecule has 0 radical (unpaired) electrons. The first-order valence-corrected chi connectivity index (χ1v) is 6.54. The summed E-state index contributed by atoms with van der Waals surface area (Å²) >= 11 is 0. The number of anilines is 1. The number of halogens is 1. The summed E-state index contributed by atoms with van der Waals surface area (Å²) in [5, 5.41) is 11.8. The quantitative estimate of drug-likeness (QED) is 0.832. The summed E-state index contributed by atoms with van der Waals surface area (Å²) in [6.45, 7) is 0. The van der Waals surface area contributed by atoms with Crippen LogP contribution in [-0.4, -0.2) is 17.0 Å². The number of nitrogens with one attached hydrogen (secondary N) is 1. The van der Waals surface area contributed by atoms with E-state index in [2.05, 4.69) is 5.32 Å². The van der Waals surface area contributed by atoms with Gasteiger partial charge in [0.15, 0.2) is 0 Å². The molecule has 2 bridgehead atoms. The van der Waals surface area contributed by atoms with Crippen LogP contribution in [0.2, 0.25) is 0 Å². The molecule has 1 aromatic carbocycles. The summed E-state index contributed by atoms with van der Waals surface area (Å²) in [6, 6.07) is 5.87. The first kappa shape index (κ1) is 12.8. The minimum atomic E-state index is -0.962. The lowest BCUT2D eigenvalue weighted by molar-refractivity contribution is -0.146. The van der Waals surface area contributed by atoms with E-state index in [4.69, 9.17) is 0 Å². The van der Waals surface area contributed by atoms with Gasteiger partial charge in [-0.05, 0) is 30.4 Å². The van der Waals surface area contributed by atoms with Crippen LogP contribution in [0, 0.1) is 29.5 Å². The van der Waals surface area contributed by atoms with Crippen LogP contribution in [0.1, 0.15) is 6.42 Å². The summed E-state index contributed by atoms with van der Waals surface area (Å²) in [5.74, 6) is -3.39. The molecule has 4 atom stereocenters. The van der Waals surface area contributed by atoms with Gasteiger partial charge in [-0.2, -0.15) is 0 Å². The number of aliphatic carboxylic acids is 1. The number of carboxylic acid groups (broad SMARTS) is 1. The molecule has 0 saturated heterocycles. The summed E-state index contributed by atoms with van der Waals surface area (Å²) in [6.07, 6.45) is 4.46. The molecule has 1 aromatic rings. The SMILES string of the molecule is O=C(Nc1ccccc1F)[C@@H]1[C@H](C(=O)O)[C@@H]2C=C[C@H]1C2. The van der Waals surface area contributed by atoms with Gasteiger partial charge in [-0.15, -0.1) is 0 Å². The van der Waals surface area contributed by atoms with Gasteiger partial charge in [-0.1, -0.05) is 24.3 Å². The van der Waals surface area contributed by atoms with Gasteiger partial charge in [-0.25, -0.2) is 4.39 Å². The van der Waals surface area contributed by atoms with Crippen molar-refractivity contribution in [2.24, 2.45) is 23.7 Å². The van der Waals surface area contributed by atoms with Crippen LogP contribution in [0.5, 0.6) is 0 Å². The molecule has 3 rings (SSSR count). The van der Waals surface area contributed by atoms with Crippen molar-refractivity contribution in [2.45, 2.75) is 6.42 Å². The molecule has 0 heterocycles. The Balaban J connectivity index is 1.82. The number of para-hydroxylation sites is 1. The molecule has 2 aliphatic rings. The van der Waals surface area contributed by atoms with Gasteiger partial charge < -0.3 is 10.4 Å². The van der Waals surface area contributed by atoms with Gasteiger partial charge in [0.25, 0.3) is 0 Å². The lowest BCUT2D eigenvalue weighted by Gasteiger charge is -2.23. The number of carbonyl (C=O) groups excluding carboxylic acids is 1. The number of allylic oxidation sites excluding steroid dienone is 2. The zero-order chi connectivity index (χ0) is 14.3. The van der Waals surface area contributed by atoms with Crippen molar-refractivity contribution in [3.8, 4) is 0 Å². The molecule has 1 amide bonds. The number of amides is 1. The molecular formula is C15H14FNO3. The van der Waals surface area contributed by atoms with Crippen LogP contribution >= 0.6 is 0 Å². The van der Waals surface area contributed by atoms with Gasteiger partial charge in [0.05, 0.1) is 17.5 Å². The van der Waals surface area contributed by atoms with Gasteiger partial charge in [0.2, 0.25) is 5.91 Å². The van der Waals surface area contributed by atoms with Crippen molar-refractivity contribution in [3.05, 3.63) is 42.2 Å². The second-order valence-electron chi connectivity index (χ2n) is 5.31. The van der Waals surface area contributed by atoms with Crippen LogP contribution in [0.15, 0.2) is 36.4 Å². The van der Waals surface area contributed by atoms with Crippen LogP contribution in [0.25, 0.3) is 0 Å². The van der Waals surface area contributed by atoms with Crippen LogP contribution < -0.4 is 5.32 Å². The Morgan fingerprint density at radius 2 is 1.80 bits per heavy atom. The largest absolute Gasteiger partial charge is 0.481 e. The Bertz CT molecular complexity index is 599. The minimum Gasteiger partial charge on any atom is -0.481 e. The average molecular weight is 275 g/mol. The molecule has 2 N–H and O–H groups in total. The Morgan fingerprint density at radius 1 is 1.15 bits per heavy atom. The molecule has 4 nitrogen and oxygen atoms in total. The molecule has 1 saturated carbocycles. The van der Waals surface area contributed by atoms with Gasteiger partial charge in [0.1, 0.15) is 5.82 Å². The van der Waals surface area contributed by atoms with E-state index in [9.17, 15) is 19.1 Å². The molecular weight excluding hydrogens is 261 g/mol. The first-order valence-electron chi connectivity index (χ1n) is 6.54. The molecule has 0 aliphatic heterocycles. The van der Waals surface area contributed by atoms with Crippen molar-refractivity contribution in [1.82, 2.24) is 0 Å². The number of carbonyl (C=O) groups is 2. The maximum Gasteiger partial charge on any atom is 0.307 e. The molecule has 2 aliphatic carbocycles. The zero-order valence-electron chi connectivity index (χ0n) is 10.6. The predicted octanol–water partition coefficient (Wildman–Crippen LogP) is 2.29. The second-order valence-corrected chi connectivity index (χ2v) is 5.31.